The number of carbonyl (C=O) groups excluding carboxylic acids is 1. The Bertz CT molecular complexity index is 159. The monoisotopic (exact) mass is 206 g/mol. The summed E-state index contributed by atoms with van der Waals surface area (Å²) in [7, 11) is 1.61. The fraction of sp³-hybridized carbons (Fsp3) is 0.778. The Morgan fingerprint density at radius 2 is 1.79 bits per heavy atom. The van der Waals surface area contributed by atoms with Gasteiger partial charge in [-0.25, -0.2) is 0 Å². The van der Waals surface area contributed by atoms with Crippen LogP contribution in [0.4, 0.5) is 0 Å². The van der Waals surface area contributed by atoms with E-state index in [1.807, 2.05) is 6.92 Å². The first-order valence-electron chi connectivity index (χ1n) is 4.29. The van der Waals surface area contributed by atoms with E-state index in [4.69, 9.17) is 19.4 Å². The average Bonchev–Trinajstić information content (AvgIpc) is 2.04. The summed E-state index contributed by atoms with van der Waals surface area (Å²) in [6, 6.07) is 0. The van der Waals surface area contributed by atoms with Crippen LogP contribution in [-0.2, 0) is 19.1 Å². The maximum Gasteiger partial charge on any atom is 0.302 e. The molecule has 5 nitrogen and oxygen atoms in total. The molecule has 0 aliphatic carbocycles. The third-order valence-electron chi connectivity index (χ3n) is 1.26. The molecule has 0 heterocycles. The smallest absolute Gasteiger partial charge is 0.302 e. The lowest BCUT2D eigenvalue weighted by Crippen LogP contribution is -2.18. The number of esters is 1. The number of hydrogen-bond donors (Lipinski definition) is 1. The third kappa shape index (κ3) is 17.1. The summed E-state index contributed by atoms with van der Waals surface area (Å²) in [5.41, 5.74) is 0. The number of methoxy groups -OCH3 is 1. The van der Waals surface area contributed by atoms with E-state index in [0.717, 1.165) is 13.3 Å². The highest BCUT2D eigenvalue weighted by Crippen LogP contribution is 1.96. The first-order valence-corrected chi connectivity index (χ1v) is 4.29. The highest BCUT2D eigenvalue weighted by Gasteiger charge is 2.04. The van der Waals surface area contributed by atoms with E-state index in [-0.39, 0.29) is 12.1 Å². The van der Waals surface area contributed by atoms with E-state index < -0.39 is 5.97 Å². The SMILES string of the molecule is CC(=O)O.CCC(COC(C)=O)OC. The summed E-state index contributed by atoms with van der Waals surface area (Å²) in [5, 5.41) is 7.42. The van der Waals surface area contributed by atoms with Crippen molar-refractivity contribution in [1.82, 2.24) is 0 Å². The van der Waals surface area contributed by atoms with E-state index >= 15 is 0 Å². The van der Waals surface area contributed by atoms with Crippen LogP contribution in [0.15, 0.2) is 0 Å². The van der Waals surface area contributed by atoms with Gasteiger partial charge in [0.05, 0.1) is 6.10 Å². The number of carboxylic acid groups (broad SMARTS) is 1. The molecule has 0 aliphatic heterocycles. The summed E-state index contributed by atoms with van der Waals surface area (Å²) in [5.74, 6) is -1.09. The van der Waals surface area contributed by atoms with Crippen molar-refractivity contribution < 1.29 is 24.2 Å². The van der Waals surface area contributed by atoms with E-state index in [1.54, 1.807) is 7.11 Å². The van der Waals surface area contributed by atoms with Gasteiger partial charge in [-0.05, 0) is 6.42 Å². The van der Waals surface area contributed by atoms with Crippen LogP contribution in [0.2, 0.25) is 0 Å². The minimum atomic E-state index is -0.833. The van der Waals surface area contributed by atoms with Crippen molar-refractivity contribution in [3.05, 3.63) is 0 Å². The Balaban J connectivity index is 0. The summed E-state index contributed by atoms with van der Waals surface area (Å²) in [6.45, 7) is 4.82. The molecule has 0 amide bonds. The largest absolute Gasteiger partial charge is 0.481 e. The Morgan fingerprint density at radius 1 is 1.36 bits per heavy atom. The van der Waals surface area contributed by atoms with Crippen molar-refractivity contribution in [2.24, 2.45) is 0 Å². The lowest BCUT2D eigenvalue weighted by molar-refractivity contribution is -0.144. The van der Waals surface area contributed by atoms with E-state index in [9.17, 15) is 4.79 Å². The molecule has 0 aliphatic rings. The highest BCUT2D eigenvalue weighted by atomic mass is 16.6. The molecular weight excluding hydrogens is 188 g/mol. The van der Waals surface area contributed by atoms with Gasteiger partial charge >= 0.3 is 5.97 Å². The summed E-state index contributed by atoms with van der Waals surface area (Å²) in [4.78, 5) is 19.3. The van der Waals surface area contributed by atoms with Crippen LogP contribution in [0.25, 0.3) is 0 Å². The molecule has 5 heteroatoms. The van der Waals surface area contributed by atoms with E-state index in [2.05, 4.69) is 0 Å². The summed E-state index contributed by atoms with van der Waals surface area (Å²) in [6.07, 6.45) is 0.910. The number of ether oxygens (including phenoxy) is 2. The molecule has 84 valence electrons. The predicted octanol–water partition coefficient (Wildman–Crippen LogP) is 1.07. The summed E-state index contributed by atoms with van der Waals surface area (Å²) < 4.78 is 9.69. The topological polar surface area (TPSA) is 72.8 Å². The van der Waals surface area contributed by atoms with Gasteiger partial charge in [-0.15, -0.1) is 0 Å². The van der Waals surface area contributed by atoms with Gasteiger partial charge in [0.15, 0.2) is 0 Å². The van der Waals surface area contributed by atoms with Crippen LogP contribution in [0.1, 0.15) is 27.2 Å². The molecule has 0 saturated carbocycles. The molecule has 0 saturated heterocycles. The fourth-order valence-electron chi connectivity index (χ4n) is 0.563. The van der Waals surface area contributed by atoms with Crippen molar-refractivity contribution in [3.63, 3.8) is 0 Å². The molecule has 0 aromatic heterocycles. The maximum atomic E-state index is 10.3. The Hall–Kier alpha value is -1.10. The Labute approximate surface area is 84.0 Å². The first-order chi connectivity index (χ1) is 6.43. The highest BCUT2D eigenvalue weighted by molar-refractivity contribution is 5.65. The van der Waals surface area contributed by atoms with Crippen LogP contribution in [0.3, 0.4) is 0 Å². The van der Waals surface area contributed by atoms with Gasteiger partial charge in [-0.2, -0.15) is 0 Å². The third-order valence-corrected chi connectivity index (χ3v) is 1.26. The second-order valence-corrected chi connectivity index (χ2v) is 2.59. The minimum Gasteiger partial charge on any atom is -0.481 e. The van der Waals surface area contributed by atoms with E-state index in [0.29, 0.717) is 6.61 Å². The van der Waals surface area contributed by atoms with Crippen LogP contribution >= 0.6 is 0 Å². The lowest BCUT2D eigenvalue weighted by atomic mass is 10.3. The van der Waals surface area contributed by atoms with Gasteiger partial charge in [0.1, 0.15) is 6.61 Å². The molecule has 0 aromatic carbocycles. The predicted molar refractivity (Wildman–Crippen MR) is 51.0 cm³/mol. The zero-order valence-electron chi connectivity index (χ0n) is 9.07. The Kier molecular flexibility index (Phi) is 11.0. The Morgan fingerprint density at radius 3 is 2.00 bits per heavy atom. The second kappa shape index (κ2) is 9.98. The van der Waals surface area contributed by atoms with Gasteiger partial charge in [-0.3, -0.25) is 9.59 Å². The summed E-state index contributed by atoms with van der Waals surface area (Å²) >= 11 is 0. The van der Waals surface area contributed by atoms with Gasteiger partial charge in [0, 0.05) is 21.0 Å². The molecule has 0 radical (unpaired) electrons. The fourth-order valence-corrected chi connectivity index (χ4v) is 0.563. The molecule has 0 bridgehead atoms. The zero-order chi connectivity index (χ0) is 11.6. The quantitative estimate of drug-likeness (QED) is 0.696. The van der Waals surface area contributed by atoms with Crippen LogP contribution in [-0.4, -0.2) is 36.9 Å². The molecule has 0 aromatic rings. The molecule has 1 N–H and O–H groups in total. The van der Waals surface area contributed by atoms with Crippen molar-refractivity contribution in [2.45, 2.75) is 33.3 Å². The van der Waals surface area contributed by atoms with Gasteiger partial charge < -0.3 is 14.6 Å². The van der Waals surface area contributed by atoms with Gasteiger partial charge in [-0.1, -0.05) is 6.92 Å². The van der Waals surface area contributed by atoms with Gasteiger partial charge in [0.25, 0.3) is 5.97 Å². The zero-order valence-corrected chi connectivity index (χ0v) is 9.07. The van der Waals surface area contributed by atoms with Crippen molar-refractivity contribution in [3.8, 4) is 0 Å². The van der Waals surface area contributed by atoms with Crippen molar-refractivity contribution in [1.29, 1.82) is 0 Å². The average molecular weight is 206 g/mol. The molecular formula is C9H18O5. The number of rotatable bonds is 4. The second-order valence-electron chi connectivity index (χ2n) is 2.59. The molecule has 0 spiro atoms. The molecule has 0 fully saturated rings. The molecule has 1 unspecified atom stereocenters. The molecule has 0 rings (SSSR count). The van der Waals surface area contributed by atoms with Crippen molar-refractivity contribution >= 4 is 11.9 Å². The van der Waals surface area contributed by atoms with Gasteiger partial charge in [0.2, 0.25) is 0 Å². The normalized spacial score (nSPS) is 10.9. The lowest BCUT2D eigenvalue weighted by Gasteiger charge is -2.11. The van der Waals surface area contributed by atoms with E-state index in [1.165, 1.54) is 6.92 Å². The van der Waals surface area contributed by atoms with Crippen LogP contribution in [0.5, 0.6) is 0 Å². The molecule has 14 heavy (non-hydrogen) atoms. The van der Waals surface area contributed by atoms with Crippen molar-refractivity contribution in [2.75, 3.05) is 13.7 Å². The maximum absolute atomic E-state index is 10.3. The first kappa shape index (κ1) is 15.4. The number of aliphatic carboxylic acids is 1. The van der Waals surface area contributed by atoms with Crippen LogP contribution in [0, 0.1) is 0 Å². The standard InChI is InChI=1S/C7H14O3.C2H4O2/c1-4-7(9-3)5-10-6(2)8;1-2(3)4/h7H,4-5H2,1-3H3;1H3,(H,3,4). The number of carbonyl (C=O) groups is 2. The van der Waals surface area contributed by atoms with Crippen LogP contribution < -0.4 is 0 Å². The number of hydrogen-bond acceptors (Lipinski definition) is 4. The molecule has 1 atom stereocenters. The minimum absolute atomic E-state index is 0.0453. The number of carboxylic acids is 1.